The van der Waals surface area contributed by atoms with E-state index in [0.717, 1.165) is 53.0 Å². The van der Waals surface area contributed by atoms with Gasteiger partial charge in [-0.2, -0.15) is 0 Å². The summed E-state index contributed by atoms with van der Waals surface area (Å²) in [6.45, 7) is 4.10. The number of likely N-dealkylation sites (tertiary alicyclic amines) is 1. The summed E-state index contributed by atoms with van der Waals surface area (Å²) in [7, 11) is 0. The van der Waals surface area contributed by atoms with E-state index in [1.54, 1.807) is 0 Å². The summed E-state index contributed by atoms with van der Waals surface area (Å²) in [4.78, 5) is 30.3. The van der Waals surface area contributed by atoms with Crippen molar-refractivity contribution in [1.82, 2.24) is 9.80 Å². The first kappa shape index (κ1) is 21.8. The van der Waals surface area contributed by atoms with Gasteiger partial charge in [0.15, 0.2) is 0 Å². The second kappa shape index (κ2) is 9.06. The van der Waals surface area contributed by atoms with Gasteiger partial charge in [-0.1, -0.05) is 60.7 Å². The van der Waals surface area contributed by atoms with E-state index in [0.29, 0.717) is 13.1 Å². The van der Waals surface area contributed by atoms with Crippen LogP contribution in [-0.2, 0) is 0 Å². The second-order valence-electron chi connectivity index (χ2n) is 8.80. The van der Waals surface area contributed by atoms with Crippen LogP contribution in [0.2, 0.25) is 0 Å². The molecule has 5 heteroatoms. The number of benzene rings is 3. The van der Waals surface area contributed by atoms with Gasteiger partial charge >= 0.3 is 0 Å². The van der Waals surface area contributed by atoms with Crippen molar-refractivity contribution < 1.29 is 9.59 Å². The van der Waals surface area contributed by atoms with Gasteiger partial charge in [-0.05, 0) is 54.7 Å². The smallest absolute Gasteiger partial charge is 0.255 e. The summed E-state index contributed by atoms with van der Waals surface area (Å²) in [5, 5.41) is 0. The molecule has 3 aromatic rings. The second-order valence-corrected chi connectivity index (χ2v) is 10.3. The fraction of sp³-hybridized carbons (Fsp3) is 0.286. The maximum atomic E-state index is 13.4. The molecule has 0 aromatic heterocycles. The standard InChI is InChI=1S/C28H28N2O2S/c1-21-7-5-6-10-25(21)27(32)30-19-20-33-28(30)15-17-29(18-16-28)26(31)24-13-11-23(12-14-24)22-8-3-2-4-9-22/h2-14H,15-20H2,1H3. The molecule has 168 valence electrons. The van der Waals surface area contributed by atoms with E-state index < -0.39 is 0 Å². The lowest BCUT2D eigenvalue weighted by molar-refractivity contribution is 0.0497. The third-order valence-electron chi connectivity index (χ3n) is 6.87. The maximum absolute atomic E-state index is 13.4. The molecule has 0 radical (unpaired) electrons. The van der Waals surface area contributed by atoms with Gasteiger partial charge in [0, 0.05) is 36.5 Å². The van der Waals surface area contributed by atoms with Gasteiger partial charge < -0.3 is 9.80 Å². The fourth-order valence-electron chi connectivity index (χ4n) is 4.95. The molecule has 2 heterocycles. The van der Waals surface area contributed by atoms with E-state index in [-0.39, 0.29) is 16.7 Å². The monoisotopic (exact) mass is 456 g/mol. The molecule has 0 saturated carbocycles. The zero-order valence-corrected chi connectivity index (χ0v) is 19.7. The van der Waals surface area contributed by atoms with Crippen LogP contribution in [0.25, 0.3) is 11.1 Å². The molecule has 5 rings (SSSR count). The number of piperidine rings is 1. The van der Waals surface area contributed by atoms with Crippen molar-refractivity contribution in [2.45, 2.75) is 24.6 Å². The molecule has 2 amide bonds. The highest BCUT2D eigenvalue weighted by molar-refractivity contribution is 8.00. The van der Waals surface area contributed by atoms with Crippen LogP contribution in [0.4, 0.5) is 0 Å². The highest BCUT2D eigenvalue weighted by Crippen LogP contribution is 2.44. The topological polar surface area (TPSA) is 40.6 Å². The fourth-order valence-corrected chi connectivity index (χ4v) is 6.40. The van der Waals surface area contributed by atoms with Gasteiger partial charge in [0.25, 0.3) is 11.8 Å². The molecular formula is C28H28N2O2S. The van der Waals surface area contributed by atoms with Crippen LogP contribution in [0.3, 0.4) is 0 Å². The average Bonchev–Trinajstić information content (AvgIpc) is 3.27. The molecule has 33 heavy (non-hydrogen) atoms. The minimum absolute atomic E-state index is 0.0734. The van der Waals surface area contributed by atoms with E-state index in [4.69, 9.17) is 0 Å². The first-order valence-electron chi connectivity index (χ1n) is 11.5. The van der Waals surface area contributed by atoms with Crippen molar-refractivity contribution in [3.05, 3.63) is 95.6 Å². The molecule has 2 fully saturated rings. The maximum Gasteiger partial charge on any atom is 0.255 e. The summed E-state index contributed by atoms with van der Waals surface area (Å²) >= 11 is 1.88. The zero-order chi connectivity index (χ0) is 22.8. The Morgan fingerprint density at radius 1 is 0.758 bits per heavy atom. The molecule has 4 nitrogen and oxygen atoms in total. The average molecular weight is 457 g/mol. The van der Waals surface area contributed by atoms with Crippen LogP contribution in [0.1, 0.15) is 39.1 Å². The van der Waals surface area contributed by atoms with Gasteiger partial charge in [0.2, 0.25) is 0 Å². The van der Waals surface area contributed by atoms with Crippen molar-refractivity contribution >= 4 is 23.6 Å². The Kier molecular flexibility index (Phi) is 5.98. The van der Waals surface area contributed by atoms with E-state index in [1.807, 2.05) is 90.3 Å². The Morgan fingerprint density at radius 2 is 1.39 bits per heavy atom. The predicted octanol–water partition coefficient (Wildman–Crippen LogP) is 5.48. The number of nitrogens with zero attached hydrogens (tertiary/aromatic N) is 2. The molecule has 2 saturated heterocycles. The molecule has 2 aliphatic rings. The molecule has 0 N–H and O–H groups in total. The van der Waals surface area contributed by atoms with E-state index in [9.17, 15) is 9.59 Å². The Morgan fingerprint density at radius 3 is 2.09 bits per heavy atom. The highest BCUT2D eigenvalue weighted by Gasteiger charge is 2.47. The lowest BCUT2D eigenvalue weighted by Crippen LogP contribution is -2.53. The van der Waals surface area contributed by atoms with Crippen LogP contribution in [0, 0.1) is 6.92 Å². The summed E-state index contributed by atoms with van der Waals surface area (Å²) < 4.78 is 0. The third kappa shape index (κ3) is 4.18. The summed E-state index contributed by atoms with van der Waals surface area (Å²) in [5.41, 5.74) is 4.78. The van der Waals surface area contributed by atoms with Gasteiger partial charge in [0.05, 0.1) is 4.87 Å². The number of carbonyl (C=O) groups excluding carboxylic acids is 2. The molecule has 1 spiro atoms. The number of hydrogen-bond donors (Lipinski definition) is 0. The van der Waals surface area contributed by atoms with Gasteiger partial charge in [0.1, 0.15) is 0 Å². The molecular weight excluding hydrogens is 428 g/mol. The van der Waals surface area contributed by atoms with Crippen LogP contribution in [0.5, 0.6) is 0 Å². The van der Waals surface area contributed by atoms with Gasteiger partial charge in [-0.3, -0.25) is 9.59 Å². The van der Waals surface area contributed by atoms with Gasteiger partial charge in [-0.15, -0.1) is 11.8 Å². The summed E-state index contributed by atoms with van der Waals surface area (Å²) in [6.07, 6.45) is 1.62. The normalized spacial score (nSPS) is 17.4. The molecule has 2 aliphatic heterocycles. The van der Waals surface area contributed by atoms with Crippen molar-refractivity contribution in [3.8, 4) is 11.1 Å². The zero-order valence-electron chi connectivity index (χ0n) is 18.9. The highest BCUT2D eigenvalue weighted by atomic mass is 32.2. The number of hydrogen-bond acceptors (Lipinski definition) is 3. The van der Waals surface area contributed by atoms with Crippen molar-refractivity contribution in [2.24, 2.45) is 0 Å². The van der Waals surface area contributed by atoms with E-state index in [2.05, 4.69) is 17.0 Å². The first-order valence-corrected chi connectivity index (χ1v) is 12.5. The largest absolute Gasteiger partial charge is 0.338 e. The summed E-state index contributed by atoms with van der Waals surface area (Å²) in [5.74, 6) is 1.14. The summed E-state index contributed by atoms with van der Waals surface area (Å²) in [6, 6.07) is 25.9. The number of carbonyl (C=O) groups is 2. The number of rotatable bonds is 3. The lowest BCUT2D eigenvalue weighted by Gasteiger charge is -2.44. The Balaban J connectivity index is 1.27. The Labute approximate surface area is 199 Å². The van der Waals surface area contributed by atoms with Crippen LogP contribution >= 0.6 is 11.8 Å². The minimum Gasteiger partial charge on any atom is -0.338 e. The predicted molar refractivity (Wildman–Crippen MR) is 134 cm³/mol. The lowest BCUT2D eigenvalue weighted by atomic mass is 9.98. The van der Waals surface area contributed by atoms with Crippen molar-refractivity contribution in [3.63, 3.8) is 0 Å². The number of thioether (sulfide) groups is 1. The Bertz CT molecular complexity index is 1150. The Hall–Kier alpha value is -3.05. The van der Waals surface area contributed by atoms with Crippen molar-refractivity contribution in [1.29, 1.82) is 0 Å². The first-order chi connectivity index (χ1) is 16.1. The minimum atomic E-state index is -0.201. The van der Waals surface area contributed by atoms with Gasteiger partial charge in [-0.25, -0.2) is 0 Å². The van der Waals surface area contributed by atoms with Crippen LogP contribution < -0.4 is 0 Å². The SMILES string of the molecule is Cc1ccccc1C(=O)N1CCSC12CCN(C(=O)c1ccc(-c3ccccc3)cc1)CC2. The quantitative estimate of drug-likeness (QED) is 0.524. The molecule has 0 unspecified atom stereocenters. The molecule has 0 atom stereocenters. The van der Waals surface area contributed by atoms with E-state index in [1.165, 1.54) is 0 Å². The van der Waals surface area contributed by atoms with E-state index >= 15 is 0 Å². The number of aryl methyl sites for hydroxylation is 1. The van der Waals surface area contributed by atoms with Crippen molar-refractivity contribution in [2.75, 3.05) is 25.4 Å². The molecule has 3 aromatic carbocycles. The molecule has 0 bridgehead atoms. The van der Waals surface area contributed by atoms with Crippen LogP contribution in [-0.4, -0.2) is 51.9 Å². The number of amides is 2. The molecule has 0 aliphatic carbocycles. The third-order valence-corrected chi connectivity index (χ3v) is 8.42. The van der Waals surface area contributed by atoms with Crippen LogP contribution in [0.15, 0.2) is 78.9 Å².